The summed E-state index contributed by atoms with van der Waals surface area (Å²) in [4.78, 5) is 0. The molecule has 1 aliphatic rings. The first-order valence-corrected chi connectivity index (χ1v) is 19.6. The maximum absolute atomic E-state index is 10.8. The fraction of sp³-hybridized carbons (Fsp3) is 0.949. The van der Waals surface area contributed by atoms with Crippen molar-refractivity contribution in [1.29, 1.82) is 0 Å². The number of unbranched alkanes of at least 4 members (excludes halogenated alkanes) is 19. The minimum atomic E-state index is -1.46. The van der Waals surface area contributed by atoms with Crippen LogP contribution in [0.1, 0.15) is 181 Å². The van der Waals surface area contributed by atoms with Gasteiger partial charge in [0.15, 0.2) is 6.29 Å². The molecular formula is C39H76O7. The van der Waals surface area contributed by atoms with Crippen LogP contribution in [0.5, 0.6) is 0 Å². The van der Waals surface area contributed by atoms with E-state index in [2.05, 4.69) is 20.8 Å². The molecule has 0 aromatic rings. The van der Waals surface area contributed by atoms with E-state index >= 15 is 0 Å². The van der Waals surface area contributed by atoms with Gasteiger partial charge in [-0.1, -0.05) is 168 Å². The van der Waals surface area contributed by atoms with E-state index in [-0.39, 0.29) is 6.61 Å². The third kappa shape index (κ3) is 21.4. The second kappa shape index (κ2) is 29.4. The first-order valence-electron chi connectivity index (χ1n) is 19.6. The largest absolute Gasteiger partial charge is 0.394 e. The third-order valence-corrected chi connectivity index (χ3v) is 9.95. The van der Waals surface area contributed by atoms with Gasteiger partial charge in [-0.15, -0.1) is 0 Å². The monoisotopic (exact) mass is 657 g/mol. The molecule has 46 heavy (non-hydrogen) atoms. The van der Waals surface area contributed by atoms with Crippen LogP contribution in [-0.4, -0.2) is 75.6 Å². The molecule has 1 saturated heterocycles. The molecule has 0 bridgehead atoms. The van der Waals surface area contributed by atoms with E-state index < -0.39 is 43.4 Å². The smallest absolute Gasteiger partial charge is 0.187 e. The summed E-state index contributed by atoms with van der Waals surface area (Å²) in [7, 11) is 0. The predicted octanol–water partition coefficient (Wildman–Crippen LogP) is 8.52. The molecule has 5 N–H and O–H groups in total. The Labute approximate surface area is 283 Å². The normalized spacial score (nSPS) is 23.6. The van der Waals surface area contributed by atoms with Crippen molar-refractivity contribution >= 4 is 0 Å². The topological polar surface area (TPSA) is 120 Å². The molecule has 0 amide bonds. The molecule has 7 atom stereocenters. The molecule has 0 aromatic heterocycles. The van der Waals surface area contributed by atoms with Crippen LogP contribution in [0.2, 0.25) is 0 Å². The molecule has 1 heterocycles. The van der Waals surface area contributed by atoms with E-state index in [4.69, 9.17) is 9.47 Å². The third-order valence-electron chi connectivity index (χ3n) is 9.95. The lowest BCUT2D eigenvalue weighted by Gasteiger charge is -2.39. The van der Waals surface area contributed by atoms with E-state index in [0.717, 1.165) is 50.0 Å². The molecule has 1 rings (SSSR count). The number of rotatable bonds is 31. The molecule has 0 radical (unpaired) electrons. The van der Waals surface area contributed by atoms with Crippen molar-refractivity contribution in [3.8, 4) is 0 Å². The molecule has 1 aliphatic heterocycles. The summed E-state index contributed by atoms with van der Waals surface area (Å²) >= 11 is 0. The number of aliphatic hydroxyl groups is 5. The summed E-state index contributed by atoms with van der Waals surface area (Å²) in [5, 5.41) is 50.9. The fourth-order valence-electron chi connectivity index (χ4n) is 6.43. The molecule has 7 nitrogen and oxygen atoms in total. The first kappa shape index (κ1) is 43.5. The van der Waals surface area contributed by atoms with Gasteiger partial charge in [0.1, 0.15) is 24.4 Å². The lowest BCUT2D eigenvalue weighted by atomic mass is 9.99. The van der Waals surface area contributed by atoms with Gasteiger partial charge < -0.3 is 35.0 Å². The molecule has 0 saturated carbocycles. The predicted molar refractivity (Wildman–Crippen MR) is 190 cm³/mol. The van der Waals surface area contributed by atoms with Gasteiger partial charge in [-0.05, 0) is 30.8 Å². The highest BCUT2D eigenvalue weighted by Crippen LogP contribution is 2.24. The Hall–Kier alpha value is -0.540. The lowest BCUT2D eigenvalue weighted by Crippen LogP contribution is -2.59. The second-order valence-electron chi connectivity index (χ2n) is 14.3. The molecular weight excluding hydrogens is 580 g/mol. The highest BCUT2D eigenvalue weighted by Gasteiger charge is 2.44. The molecule has 274 valence electrons. The number of hydrogen-bond donors (Lipinski definition) is 5. The highest BCUT2D eigenvalue weighted by molar-refractivity contribution is 5.06. The van der Waals surface area contributed by atoms with Gasteiger partial charge in [-0.25, -0.2) is 0 Å². The van der Waals surface area contributed by atoms with Gasteiger partial charge in [0.2, 0.25) is 0 Å². The van der Waals surface area contributed by atoms with Gasteiger partial charge in [0.05, 0.1) is 19.3 Å². The summed E-state index contributed by atoms with van der Waals surface area (Å²) in [5.74, 6) is 0.866. The Bertz CT molecular complexity index is 700. The van der Waals surface area contributed by atoms with Crippen molar-refractivity contribution in [2.24, 2.45) is 5.92 Å². The van der Waals surface area contributed by atoms with E-state index in [1.54, 1.807) is 0 Å². The first-order chi connectivity index (χ1) is 22.3. The summed E-state index contributed by atoms with van der Waals surface area (Å²) < 4.78 is 11.4. The fourth-order valence-corrected chi connectivity index (χ4v) is 6.43. The summed E-state index contributed by atoms with van der Waals surface area (Å²) in [6, 6.07) is 0. The Kier molecular flexibility index (Phi) is 27.8. The van der Waals surface area contributed by atoms with Crippen molar-refractivity contribution in [3.63, 3.8) is 0 Å². The quantitative estimate of drug-likeness (QED) is 0.0375. The van der Waals surface area contributed by atoms with Crippen molar-refractivity contribution in [2.75, 3.05) is 13.2 Å². The average Bonchev–Trinajstić information content (AvgIpc) is 3.05. The van der Waals surface area contributed by atoms with Crippen molar-refractivity contribution in [1.82, 2.24) is 0 Å². The minimum Gasteiger partial charge on any atom is -0.394 e. The molecule has 0 spiro atoms. The van der Waals surface area contributed by atoms with E-state index in [0.29, 0.717) is 0 Å². The van der Waals surface area contributed by atoms with Crippen molar-refractivity contribution in [2.45, 2.75) is 218 Å². The van der Waals surface area contributed by atoms with Crippen LogP contribution < -0.4 is 0 Å². The Morgan fingerprint density at radius 1 is 0.652 bits per heavy atom. The van der Waals surface area contributed by atoms with Crippen LogP contribution in [0.15, 0.2) is 11.6 Å². The second-order valence-corrected chi connectivity index (χ2v) is 14.3. The zero-order chi connectivity index (χ0) is 33.8. The SMILES string of the molecule is CCCCCCCCCCCCCCC(=CC(O)CCCCCCCCCCCC(C)CC)COC1OC(CO)C(O)C(O)C1O. The average molecular weight is 657 g/mol. The minimum absolute atomic E-state index is 0.162. The van der Waals surface area contributed by atoms with Crippen LogP contribution in [0, 0.1) is 5.92 Å². The van der Waals surface area contributed by atoms with Gasteiger partial charge in [0.25, 0.3) is 0 Å². The number of hydrogen-bond acceptors (Lipinski definition) is 7. The Morgan fingerprint density at radius 3 is 1.63 bits per heavy atom. The van der Waals surface area contributed by atoms with Gasteiger partial charge >= 0.3 is 0 Å². The maximum atomic E-state index is 10.8. The Balaban J connectivity index is 2.39. The van der Waals surface area contributed by atoms with E-state index in [1.807, 2.05) is 6.08 Å². The maximum Gasteiger partial charge on any atom is 0.187 e. The van der Waals surface area contributed by atoms with Gasteiger partial charge in [-0.3, -0.25) is 0 Å². The van der Waals surface area contributed by atoms with Crippen LogP contribution >= 0.6 is 0 Å². The van der Waals surface area contributed by atoms with Crippen molar-refractivity contribution < 1.29 is 35.0 Å². The van der Waals surface area contributed by atoms with Gasteiger partial charge in [-0.2, -0.15) is 0 Å². The Morgan fingerprint density at radius 2 is 1.13 bits per heavy atom. The summed E-state index contributed by atoms with van der Waals surface area (Å²) in [6.07, 6.45) is 25.8. The van der Waals surface area contributed by atoms with E-state index in [9.17, 15) is 25.5 Å². The van der Waals surface area contributed by atoms with Crippen LogP contribution in [-0.2, 0) is 9.47 Å². The standard InChI is InChI=1S/C39H76O7/c1-4-6-7-8-9-10-11-12-15-18-21-24-27-33(31-45-39-38(44)37(43)36(42)35(30-40)46-39)29-34(41)28-25-22-19-16-13-14-17-20-23-26-32(3)5-2/h29,32,34-44H,4-28,30-31H2,1-3H3. The van der Waals surface area contributed by atoms with Crippen LogP contribution in [0.4, 0.5) is 0 Å². The molecule has 0 aromatic carbocycles. The molecule has 1 fully saturated rings. The van der Waals surface area contributed by atoms with Gasteiger partial charge in [0, 0.05) is 0 Å². The molecule has 0 aliphatic carbocycles. The zero-order valence-electron chi connectivity index (χ0n) is 30.3. The highest BCUT2D eigenvalue weighted by atomic mass is 16.7. The molecule has 7 heteroatoms. The van der Waals surface area contributed by atoms with Crippen molar-refractivity contribution in [3.05, 3.63) is 11.6 Å². The van der Waals surface area contributed by atoms with Crippen LogP contribution in [0.3, 0.4) is 0 Å². The summed E-state index contributed by atoms with van der Waals surface area (Å²) in [6.45, 7) is 6.57. The zero-order valence-corrected chi connectivity index (χ0v) is 30.3. The number of aliphatic hydroxyl groups excluding tert-OH is 5. The van der Waals surface area contributed by atoms with E-state index in [1.165, 1.54) is 122 Å². The number of ether oxygens (including phenoxy) is 2. The van der Waals surface area contributed by atoms with Crippen LogP contribution in [0.25, 0.3) is 0 Å². The lowest BCUT2D eigenvalue weighted by molar-refractivity contribution is -0.299. The summed E-state index contributed by atoms with van der Waals surface area (Å²) in [5.41, 5.74) is 0.963. The molecule has 7 unspecified atom stereocenters.